The highest BCUT2D eigenvalue weighted by Crippen LogP contribution is 2.30. The zero-order valence-corrected chi connectivity index (χ0v) is 17.0. The number of benzene rings is 2. The minimum Gasteiger partial charge on any atom is -0.463 e. The lowest BCUT2D eigenvalue weighted by Gasteiger charge is -2.07. The molecule has 0 N–H and O–H groups in total. The molecule has 0 saturated carbocycles. The first kappa shape index (κ1) is 19.9. The Kier molecular flexibility index (Phi) is 6.70. The fraction of sp³-hybridized carbons (Fsp3) is 0.320. The first-order chi connectivity index (χ1) is 13.6. The Bertz CT molecular complexity index is 978. The van der Waals surface area contributed by atoms with Gasteiger partial charge in [0.1, 0.15) is 11.3 Å². The Morgan fingerprint density at radius 3 is 2.71 bits per heavy atom. The molecule has 1 heterocycles. The molecule has 3 nitrogen and oxygen atoms in total. The summed E-state index contributed by atoms with van der Waals surface area (Å²) in [6.45, 7) is 6.34. The Morgan fingerprint density at radius 1 is 1.11 bits per heavy atom. The number of rotatable bonds is 8. The third kappa shape index (κ3) is 4.72. The standard InChI is InChI=1S/C25H28O3/c1-4-6-13-24-22(21-12-7-8-14-23(21)28-24)17-19-10-9-11-20(16-19)18(3)15-25(26)27-5-2/h7-12,14-16H,4-6,13,17H2,1-3H3/b18-15+. The SMILES string of the molecule is CCCCc1oc2ccccc2c1Cc1cccc(/C(C)=C/C(=O)OCC)c1. The molecule has 0 radical (unpaired) electrons. The number of aryl methyl sites for hydroxylation is 1. The highest BCUT2D eigenvalue weighted by molar-refractivity contribution is 5.91. The Balaban J connectivity index is 1.91. The van der Waals surface area contributed by atoms with Crippen LogP contribution in [0.5, 0.6) is 0 Å². The molecule has 0 atom stereocenters. The maximum absolute atomic E-state index is 11.7. The van der Waals surface area contributed by atoms with E-state index in [1.807, 2.05) is 38.1 Å². The van der Waals surface area contributed by atoms with E-state index in [1.165, 1.54) is 16.5 Å². The van der Waals surface area contributed by atoms with Gasteiger partial charge in [-0.15, -0.1) is 0 Å². The number of hydrogen-bond donors (Lipinski definition) is 0. The molecule has 0 unspecified atom stereocenters. The van der Waals surface area contributed by atoms with Crippen LogP contribution in [0.3, 0.4) is 0 Å². The Labute approximate surface area is 167 Å². The predicted octanol–water partition coefficient (Wildman–Crippen LogP) is 6.33. The summed E-state index contributed by atoms with van der Waals surface area (Å²) in [5.74, 6) is 0.792. The number of carbonyl (C=O) groups is 1. The number of hydrogen-bond acceptors (Lipinski definition) is 3. The molecule has 3 heteroatoms. The zero-order chi connectivity index (χ0) is 19.9. The van der Waals surface area contributed by atoms with Crippen LogP contribution in [-0.4, -0.2) is 12.6 Å². The van der Waals surface area contributed by atoms with Crippen molar-refractivity contribution in [1.82, 2.24) is 0 Å². The molecule has 28 heavy (non-hydrogen) atoms. The molecule has 3 aromatic rings. The molecule has 0 spiro atoms. The molecule has 3 rings (SSSR count). The van der Waals surface area contributed by atoms with E-state index in [-0.39, 0.29) is 5.97 Å². The molecule has 1 aromatic heterocycles. The van der Waals surface area contributed by atoms with Crippen molar-refractivity contribution in [1.29, 1.82) is 0 Å². The number of esters is 1. The number of carbonyl (C=O) groups excluding carboxylic acids is 1. The van der Waals surface area contributed by atoms with Gasteiger partial charge in [0.15, 0.2) is 0 Å². The lowest BCUT2D eigenvalue weighted by atomic mass is 9.97. The quantitative estimate of drug-likeness (QED) is 0.340. The van der Waals surface area contributed by atoms with Crippen molar-refractivity contribution >= 4 is 22.5 Å². The van der Waals surface area contributed by atoms with E-state index in [9.17, 15) is 4.79 Å². The summed E-state index contributed by atoms with van der Waals surface area (Å²) in [5, 5.41) is 1.19. The van der Waals surface area contributed by atoms with Crippen LogP contribution in [0.25, 0.3) is 16.5 Å². The Morgan fingerprint density at radius 2 is 1.93 bits per heavy atom. The van der Waals surface area contributed by atoms with Crippen molar-refractivity contribution in [3.05, 3.63) is 77.1 Å². The molecule has 0 fully saturated rings. The van der Waals surface area contributed by atoms with Gasteiger partial charge in [-0.2, -0.15) is 0 Å². The summed E-state index contributed by atoms with van der Waals surface area (Å²) >= 11 is 0. The average Bonchev–Trinajstić information content (AvgIpc) is 3.04. The Hall–Kier alpha value is -2.81. The summed E-state index contributed by atoms with van der Waals surface area (Å²) in [7, 11) is 0. The van der Waals surface area contributed by atoms with Crippen molar-refractivity contribution in [2.75, 3.05) is 6.61 Å². The van der Waals surface area contributed by atoms with Gasteiger partial charge in [0.25, 0.3) is 0 Å². The third-order valence-electron chi connectivity index (χ3n) is 4.92. The molecule has 146 valence electrons. The van der Waals surface area contributed by atoms with Gasteiger partial charge in [0, 0.05) is 29.9 Å². The van der Waals surface area contributed by atoms with Crippen LogP contribution in [-0.2, 0) is 22.4 Å². The van der Waals surface area contributed by atoms with E-state index in [2.05, 4.69) is 31.2 Å². The van der Waals surface area contributed by atoms with Crippen molar-refractivity contribution in [2.45, 2.75) is 46.5 Å². The van der Waals surface area contributed by atoms with Gasteiger partial charge in [-0.25, -0.2) is 4.79 Å². The highest BCUT2D eigenvalue weighted by Gasteiger charge is 2.14. The second-order valence-electron chi connectivity index (χ2n) is 7.06. The maximum Gasteiger partial charge on any atom is 0.331 e. The van der Waals surface area contributed by atoms with E-state index in [0.29, 0.717) is 6.61 Å². The van der Waals surface area contributed by atoms with Crippen molar-refractivity contribution in [3.8, 4) is 0 Å². The number of para-hydroxylation sites is 1. The highest BCUT2D eigenvalue weighted by atomic mass is 16.5. The van der Waals surface area contributed by atoms with Crippen molar-refractivity contribution in [2.24, 2.45) is 0 Å². The zero-order valence-electron chi connectivity index (χ0n) is 17.0. The van der Waals surface area contributed by atoms with E-state index in [1.54, 1.807) is 6.08 Å². The van der Waals surface area contributed by atoms with Crippen LogP contribution in [0.4, 0.5) is 0 Å². The molecule has 0 aliphatic rings. The monoisotopic (exact) mass is 376 g/mol. The number of allylic oxidation sites excluding steroid dienone is 1. The summed E-state index contributed by atoms with van der Waals surface area (Å²) < 4.78 is 11.2. The van der Waals surface area contributed by atoms with Gasteiger partial charge in [-0.3, -0.25) is 0 Å². The van der Waals surface area contributed by atoms with Crippen molar-refractivity contribution < 1.29 is 13.9 Å². The number of fused-ring (bicyclic) bond motifs is 1. The first-order valence-electron chi connectivity index (χ1n) is 10.1. The summed E-state index contributed by atoms with van der Waals surface area (Å²) in [4.78, 5) is 11.7. The minimum absolute atomic E-state index is 0.298. The van der Waals surface area contributed by atoms with Crippen LogP contribution < -0.4 is 0 Å². The lowest BCUT2D eigenvalue weighted by Crippen LogP contribution is -2.00. The average molecular weight is 376 g/mol. The summed E-state index contributed by atoms with van der Waals surface area (Å²) in [5.41, 5.74) is 5.38. The first-order valence-corrected chi connectivity index (χ1v) is 10.1. The topological polar surface area (TPSA) is 39.4 Å². The molecular formula is C25H28O3. The molecule has 0 aliphatic heterocycles. The fourth-order valence-corrected chi connectivity index (χ4v) is 3.46. The molecule has 2 aromatic carbocycles. The van der Waals surface area contributed by atoms with Crippen LogP contribution in [0.1, 0.15) is 56.1 Å². The minimum atomic E-state index is -0.298. The molecule has 0 aliphatic carbocycles. The smallest absolute Gasteiger partial charge is 0.331 e. The lowest BCUT2D eigenvalue weighted by molar-refractivity contribution is -0.137. The van der Waals surface area contributed by atoms with Gasteiger partial charge in [0.05, 0.1) is 6.61 Å². The van der Waals surface area contributed by atoms with Crippen LogP contribution in [0.15, 0.2) is 59.0 Å². The predicted molar refractivity (Wildman–Crippen MR) is 114 cm³/mol. The summed E-state index contributed by atoms with van der Waals surface area (Å²) in [6.07, 6.45) is 5.60. The van der Waals surface area contributed by atoms with E-state index in [4.69, 9.17) is 9.15 Å². The largest absolute Gasteiger partial charge is 0.463 e. The molecular weight excluding hydrogens is 348 g/mol. The normalized spacial score (nSPS) is 11.8. The van der Waals surface area contributed by atoms with Crippen LogP contribution in [0, 0.1) is 0 Å². The van der Waals surface area contributed by atoms with E-state index in [0.717, 1.165) is 48.2 Å². The van der Waals surface area contributed by atoms with Crippen molar-refractivity contribution in [3.63, 3.8) is 0 Å². The summed E-state index contributed by atoms with van der Waals surface area (Å²) in [6, 6.07) is 16.6. The molecule has 0 bridgehead atoms. The van der Waals surface area contributed by atoms with Crippen LogP contribution >= 0.6 is 0 Å². The number of furan rings is 1. The second kappa shape index (κ2) is 9.41. The third-order valence-corrected chi connectivity index (χ3v) is 4.92. The van der Waals surface area contributed by atoms with E-state index < -0.39 is 0 Å². The second-order valence-corrected chi connectivity index (χ2v) is 7.06. The van der Waals surface area contributed by atoms with Gasteiger partial charge in [-0.05, 0) is 43.0 Å². The van der Waals surface area contributed by atoms with Gasteiger partial charge in [-0.1, -0.05) is 55.8 Å². The number of ether oxygens (including phenoxy) is 1. The number of unbranched alkanes of at least 4 members (excludes halogenated alkanes) is 1. The van der Waals surface area contributed by atoms with Gasteiger partial charge in [0.2, 0.25) is 0 Å². The molecule has 0 saturated heterocycles. The van der Waals surface area contributed by atoms with Gasteiger partial charge < -0.3 is 9.15 Å². The fourth-order valence-electron chi connectivity index (χ4n) is 3.46. The van der Waals surface area contributed by atoms with E-state index >= 15 is 0 Å². The van der Waals surface area contributed by atoms with Gasteiger partial charge >= 0.3 is 5.97 Å². The maximum atomic E-state index is 11.7. The molecule has 0 amide bonds. The van der Waals surface area contributed by atoms with Crippen LogP contribution in [0.2, 0.25) is 0 Å².